The van der Waals surface area contributed by atoms with E-state index in [-0.39, 0.29) is 24.2 Å². The van der Waals surface area contributed by atoms with Gasteiger partial charge in [-0.25, -0.2) is 0 Å². The van der Waals surface area contributed by atoms with Gasteiger partial charge in [0.25, 0.3) is 5.91 Å². The van der Waals surface area contributed by atoms with E-state index in [0.717, 1.165) is 31.5 Å². The largest absolute Gasteiger partial charge is 0.483 e. The molecule has 2 fully saturated rings. The van der Waals surface area contributed by atoms with Crippen molar-refractivity contribution in [1.29, 1.82) is 0 Å². The second-order valence-corrected chi connectivity index (χ2v) is 7.83. The average Bonchev–Trinajstić information content (AvgIpc) is 2.58. The molecule has 25 heavy (non-hydrogen) atoms. The molecule has 136 valence electrons. The van der Waals surface area contributed by atoms with Crippen LogP contribution in [0.25, 0.3) is 0 Å². The Morgan fingerprint density at radius 2 is 2.28 bits per heavy atom. The van der Waals surface area contributed by atoms with Crippen LogP contribution in [0.2, 0.25) is 0 Å². The van der Waals surface area contributed by atoms with Gasteiger partial charge in [0.1, 0.15) is 5.60 Å². The zero-order valence-electron chi connectivity index (χ0n) is 14.8. The lowest BCUT2D eigenvalue weighted by Gasteiger charge is -2.52. The lowest BCUT2D eigenvalue weighted by atomic mass is 9.71. The molecule has 0 bridgehead atoms. The SMILES string of the molecule is CC1(C)Oc2c(OCC(N)=O)cccc2[C@H]2O[C@H]3CCNC[C@@H]3C[C@@H]21. The Morgan fingerprint density at radius 3 is 3.08 bits per heavy atom. The fraction of sp³-hybridized carbons (Fsp3) is 0.632. The number of hydrogen-bond acceptors (Lipinski definition) is 5. The first-order chi connectivity index (χ1) is 12.0. The lowest BCUT2D eigenvalue weighted by Crippen LogP contribution is -2.54. The highest BCUT2D eigenvalue weighted by Gasteiger charge is 2.51. The maximum absolute atomic E-state index is 11.1. The van der Waals surface area contributed by atoms with Crippen molar-refractivity contribution >= 4 is 5.91 Å². The van der Waals surface area contributed by atoms with E-state index in [1.54, 1.807) is 0 Å². The van der Waals surface area contributed by atoms with Crippen LogP contribution in [0.1, 0.15) is 38.4 Å². The molecule has 2 saturated heterocycles. The van der Waals surface area contributed by atoms with Crippen LogP contribution in [0.4, 0.5) is 0 Å². The Labute approximate surface area is 148 Å². The normalized spacial score (nSPS) is 32.6. The predicted octanol–water partition coefficient (Wildman–Crippen LogP) is 1.78. The van der Waals surface area contributed by atoms with Gasteiger partial charge in [-0.1, -0.05) is 12.1 Å². The monoisotopic (exact) mass is 346 g/mol. The number of primary amides is 1. The Bertz CT molecular complexity index is 675. The molecule has 0 spiro atoms. The number of carbonyl (C=O) groups excluding carboxylic acids is 1. The molecule has 0 unspecified atom stereocenters. The van der Waals surface area contributed by atoms with Crippen molar-refractivity contribution in [2.24, 2.45) is 17.6 Å². The predicted molar refractivity (Wildman–Crippen MR) is 92.5 cm³/mol. The van der Waals surface area contributed by atoms with E-state index in [0.29, 0.717) is 23.5 Å². The summed E-state index contributed by atoms with van der Waals surface area (Å²) in [6, 6.07) is 5.78. The Kier molecular flexibility index (Phi) is 4.12. The summed E-state index contributed by atoms with van der Waals surface area (Å²) >= 11 is 0. The number of rotatable bonds is 3. The smallest absolute Gasteiger partial charge is 0.255 e. The minimum Gasteiger partial charge on any atom is -0.483 e. The van der Waals surface area contributed by atoms with Crippen LogP contribution in [0.5, 0.6) is 11.5 Å². The Hall–Kier alpha value is -1.79. The van der Waals surface area contributed by atoms with Gasteiger partial charge in [0.2, 0.25) is 0 Å². The van der Waals surface area contributed by atoms with Crippen LogP contribution in [0, 0.1) is 11.8 Å². The summed E-state index contributed by atoms with van der Waals surface area (Å²) in [5, 5.41) is 3.48. The standard InChI is InChI=1S/C19H26N2O4/c1-19(2)13-8-11-9-21-7-6-14(11)24-17(13)12-4-3-5-15(18(12)25-19)23-10-16(20)22/h3-5,11,13-14,17,21H,6-10H2,1-2H3,(H2,20,22)/t11-,13-,14-,17+/m0/s1. The number of fused-ring (bicyclic) bond motifs is 4. The minimum absolute atomic E-state index is 0.00442. The molecule has 3 heterocycles. The van der Waals surface area contributed by atoms with Crippen LogP contribution in [0.3, 0.4) is 0 Å². The van der Waals surface area contributed by atoms with Crippen molar-refractivity contribution in [3.05, 3.63) is 23.8 Å². The molecule has 0 aliphatic carbocycles. The van der Waals surface area contributed by atoms with Crippen molar-refractivity contribution < 1.29 is 19.0 Å². The minimum atomic E-state index is -0.503. The molecule has 0 aromatic heterocycles. The van der Waals surface area contributed by atoms with E-state index in [1.807, 2.05) is 18.2 Å². The van der Waals surface area contributed by atoms with Gasteiger partial charge >= 0.3 is 0 Å². The summed E-state index contributed by atoms with van der Waals surface area (Å²) < 4.78 is 18.5. The van der Waals surface area contributed by atoms with Crippen molar-refractivity contribution in [3.63, 3.8) is 0 Å². The molecule has 3 aliphatic heterocycles. The molecule has 3 N–H and O–H groups in total. The lowest BCUT2D eigenvalue weighted by molar-refractivity contribution is -0.178. The zero-order valence-corrected chi connectivity index (χ0v) is 14.8. The van der Waals surface area contributed by atoms with Crippen molar-refractivity contribution in [2.75, 3.05) is 19.7 Å². The third-order valence-electron chi connectivity index (χ3n) is 5.73. The van der Waals surface area contributed by atoms with Gasteiger partial charge in [-0.15, -0.1) is 0 Å². The number of carbonyl (C=O) groups is 1. The topological polar surface area (TPSA) is 82.8 Å². The van der Waals surface area contributed by atoms with E-state index in [9.17, 15) is 4.79 Å². The molecule has 1 aromatic rings. The fourth-order valence-corrected chi connectivity index (χ4v) is 4.45. The third-order valence-corrected chi connectivity index (χ3v) is 5.73. The van der Waals surface area contributed by atoms with Gasteiger partial charge < -0.3 is 25.3 Å². The maximum Gasteiger partial charge on any atom is 0.255 e. The molecular weight excluding hydrogens is 320 g/mol. The van der Waals surface area contributed by atoms with E-state index in [2.05, 4.69) is 19.2 Å². The first-order valence-corrected chi connectivity index (χ1v) is 9.05. The molecule has 4 atom stereocenters. The Morgan fingerprint density at radius 1 is 1.44 bits per heavy atom. The molecule has 3 aliphatic rings. The number of benzene rings is 1. The highest BCUT2D eigenvalue weighted by atomic mass is 16.5. The number of para-hydroxylation sites is 1. The molecule has 6 heteroatoms. The number of hydrogen-bond donors (Lipinski definition) is 2. The van der Waals surface area contributed by atoms with Crippen molar-refractivity contribution in [2.45, 2.75) is 44.5 Å². The number of ether oxygens (including phenoxy) is 3. The number of piperidine rings is 1. The van der Waals surface area contributed by atoms with Crippen molar-refractivity contribution in [3.8, 4) is 11.5 Å². The van der Waals surface area contributed by atoms with Crippen LogP contribution >= 0.6 is 0 Å². The van der Waals surface area contributed by atoms with Gasteiger partial charge in [0.15, 0.2) is 18.1 Å². The van der Waals surface area contributed by atoms with Crippen LogP contribution in [-0.2, 0) is 9.53 Å². The fourth-order valence-electron chi connectivity index (χ4n) is 4.45. The highest BCUT2D eigenvalue weighted by Crippen LogP contribution is 2.54. The van der Waals surface area contributed by atoms with Crippen LogP contribution < -0.4 is 20.5 Å². The van der Waals surface area contributed by atoms with Gasteiger partial charge in [0.05, 0.1) is 12.2 Å². The van der Waals surface area contributed by atoms with Gasteiger partial charge in [-0.3, -0.25) is 4.79 Å². The third kappa shape index (κ3) is 2.98. The van der Waals surface area contributed by atoms with E-state index in [4.69, 9.17) is 19.9 Å². The molecule has 0 radical (unpaired) electrons. The summed E-state index contributed by atoms with van der Waals surface area (Å²) in [6.45, 7) is 6.08. The van der Waals surface area contributed by atoms with E-state index >= 15 is 0 Å². The second kappa shape index (κ2) is 6.18. The molecule has 1 amide bonds. The van der Waals surface area contributed by atoms with Gasteiger partial charge in [0, 0.05) is 18.0 Å². The second-order valence-electron chi connectivity index (χ2n) is 7.83. The molecule has 4 rings (SSSR count). The van der Waals surface area contributed by atoms with Gasteiger partial charge in [-0.05, 0) is 45.2 Å². The van der Waals surface area contributed by atoms with E-state index < -0.39 is 5.91 Å². The molecule has 1 aromatic carbocycles. The molecular formula is C19H26N2O4. The molecule has 0 saturated carbocycles. The zero-order chi connectivity index (χ0) is 17.6. The van der Waals surface area contributed by atoms with Gasteiger partial charge in [-0.2, -0.15) is 0 Å². The number of nitrogens with two attached hydrogens (primary N) is 1. The van der Waals surface area contributed by atoms with E-state index in [1.165, 1.54) is 0 Å². The van der Waals surface area contributed by atoms with Crippen molar-refractivity contribution in [1.82, 2.24) is 5.32 Å². The summed E-state index contributed by atoms with van der Waals surface area (Å²) in [6.07, 6.45) is 2.42. The Balaban J connectivity index is 1.68. The first kappa shape index (κ1) is 16.7. The first-order valence-electron chi connectivity index (χ1n) is 9.05. The van der Waals surface area contributed by atoms with Crippen LogP contribution in [0.15, 0.2) is 18.2 Å². The average molecular weight is 346 g/mol. The number of amides is 1. The summed E-state index contributed by atoms with van der Waals surface area (Å²) in [4.78, 5) is 11.1. The highest BCUT2D eigenvalue weighted by molar-refractivity contribution is 5.75. The summed E-state index contributed by atoms with van der Waals surface area (Å²) in [5.74, 6) is 1.56. The summed E-state index contributed by atoms with van der Waals surface area (Å²) in [5.41, 5.74) is 5.86. The summed E-state index contributed by atoms with van der Waals surface area (Å²) in [7, 11) is 0. The number of nitrogens with one attached hydrogen (secondary N) is 1. The maximum atomic E-state index is 11.1. The quantitative estimate of drug-likeness (QED) is 0.872. The van der Waals surface area contributed by atoms with Crippen LogP contribution in [-0.4, -0.2) is 37.3 Å². The molecule has 6 nitrogen and oxygen atoms in total.